The fraction of sp³-hybridized carbons (Fsp3) is 0.385. The van der Waals surface area contributed by atoms with Crippen LogP contribution in [0.5, 0.6) is 5.75 Å². The second kappa shape index (κ2) is 6.63. The zero-order chi connectivity index (χ0) is 14.4. The van der Waals surface area contributed by atoms with Gasteiger partial charge in [-0.05, 0) is 26.0 Å². The van der Waals surface area contributed by atoms with Crippen LogP contribution >= 0.6 is 0 Å². The molecule has 1 rings (SSSR count). The van der Waals surface area contributed by atoms with Crippen LogP contribution in [0.2, 0.25) is 0 Å². The highest BCUT2D eigenvalue weighted by atomic mass is 16.5. The Kier molecular flexibility index (Phi) is 5.17. The Morgan fingerprint density at radius 1 is 1.47 bits per heavy atom. The molecule has 0 fully saturated rings. The summed E-state index contributed by atoms with van der Waals surface area (Å²) < 4.78 is 5.17. The van der Waals surface area contributed by atoms with Crippen molar-refractivity contribution in [3.8, 4) is 5.75 Å². The highest BCUT2D eigenvalue weighted by Crippen LogP contribution is 2.23. The van der Waals surface area contributed by atoms with Crippen LogP contribution in [0.3, 0.4) is 0 Å². The molecule has 6 nitrogen and oxygen atoms in total. The van der Waals surface area contributed by atoms with E-state index in [1.165, 1.54) is 4.90 Å². The minimum Gasteiger partial charge on any atom is -0.495 e. The van der Waals surface area contributed by atoms with E-state index in [0.717, 1.165) is 0 Å². The van der Waals surface area contributed by atoms with E-state index in [1.807, 2.05) is 26.0 Å². The number of nitrogens with zero attached hydrogens (tertiary/aromatic N) is 1. The summed E-state index contributed by atoms with van der Waals surface area (Å²) in [4.78, 5) is 13.6. The molecule has 0 aliphatic carbocycles. The van der Waals surface area contributed by atoms with Gasteiger partial charge >= 0.3 is 6.03 Å². The number of para-hydroxylation sites is 2. The molecule has 1 aromatic carbocycles. The number of nitrogens with one attached hydrogen (secondary N) is 2. The molecule has 1 aromatic rings. The highest BCUT2D eigenvalue weighted by molar-refractivity contribution is 5.93. The Morgan fingerprint density at radius 2 is 2.11 bits per heavy atom. The zero-order valence-corrected chi connectivity index (χ0v) is 11.4. The molecule has 19 heavy (non-hydrogen) atoms. The molecule has 0 spiro atoms. The molecule has 4 N–H and O–H groups in total. The van der Waals surface area contributed by atoms with Gasteiger partial charge in [0, 0.05) is 6.04 Å². The number of amides is 2. The minimum absolute atomic E-state index is 0.0520. The SMILES string of the molecule is COc1ccccc1NC(=O)N(CC(=N)N)C(C)C. The lowest BCUT2D eigenvalue weighted by molar-refractivity contribution is 0.206. The van der Waals surface area contributed by atoms with Crippen molar-refractivity contribution >= 4 is 17.6 Å². The van der Waals surface area contributed by atoms with E-state index in [0.29, 0.717) is 11.4 Å². The molecular formula is C13H20N4O2. The molecule has 0 saturated heterocycles. The second-order valence-electron chi connectivity index (χ2n) is 4.38. The summed E-state index contributed by atoms with van der Waals surface area (Å²) in [6.07, 6.45) is 0. The van der Waals surface area contributed by atoms with Gasteiger partial charge in [-0.1, -0.05) is 12.1 Å². The third-order valence-corrected chi connectivity index (χ3v) is 2.57. The maximum Gasteiger partial charge on any atom is 0.322 e. The van der Waals surface area contributed by atoms with E-state index >= 15 is 0 Å². The highest BCUT2D eigenvalue weighted by Gasteiger charge is 2.18. The normalized spacial score (nSPS) is 10.1. The molecule has 0 aliphatic heterocycles. The molecule has 0 unspecified atom stereocenters. The second-order valence-corrected chi connectivity index (χ2v) is 4.38. The number of methoxy groups -OCH3 is 1. The molecular weight excluding hydrogens is 244 g/mol. The standard InChI is InChI=1S/C13H20N4O2/c1-9(2)17(8-12(14)15)13(18)16-10-6-4-5-7-11(10)19-3/h4-7,9H,8H2,1-3H3,(H3,14,15)(H,16,18). The number of ether oxygens (including phenoxy) is 1. The van der Waals surface area contributed by atoms with Gasteiger partial charge in [-0.15, -0.1) is 0 Å². The first-order chi connectivity index (χ1) is 8.95. The Bertz CT molecular complexity index is 460. The zero-order valence-electron chi connectivity index (χ0n) is 11.4. The van der Waals surface area contributed by atoms with Gasteiger partial charge in [0.15, 0.2) is 0 Å². The van der Waals surface area contributed by atoms with Crippen molar-refractivity contribution in [3.05, 3.63) is 24.3 Å². The molecule has 0 radical (unpaired) electrons. The number of anilines is 1. The van der Waals surface area contributed by atoms with Gasteiger partial charge in [-0.2, -0.15) is 0 Å². The number of amidine groups is 1. The number of carbonyl (C=O) groups excluding carboxylic acids is 1. The van der Waals surface area contributed by atoms with Crippen LogP contribution in [0.25, 0.3) is 0 Å². The molecule has 0 heterocycles. The number of benzene rings is 1. The number of hydrogen-bond acceptors (Lipinski definition) is 3. The Morgan fingerprint density at radius 3 is 2.63 bits per heavy atom. The summed E-state index contributed by atoms with van der Waals surface area (Å²) in [5, 5.41) is 10.1. The Hall–Kier alpha value is -2.24. The predicted molar refractivity (Wildman–Crippen MR) is 75.8 cm³/mol. The topological polar surface area (TPSA) is 91.4 Å². The first kappa shape index (κ1) is 14.8. The van der Waals surface area contributed by atoms with Crippen LogP contribution < -0.4 is 15.8 Å². The summed E-state index contributed by atoms with van der Waals surface area (Å²) in [5.41, 5.74) is 5.94. The summed E-state index contributed by atoms with van der Waals surface area (Å²) >= 11 is 0. The maximum absolute atomic E-state index is 12.2. The van der Waals surface area contributed by atoms with Crippen molar-refractivity contribution < 1.29 is 9.53 Å². The number of nitrogens with two attached hydrogens (primary N) is 1. The van der Waals surface area contributed by atoms with Crippen LogP contribution in [0, 0.1) is 5.41 Å². The van der Waals surface area contributed by atoms with Crippen LogP contribution in [0.4, 0.5) is 10.5 Å². The van der Waals surface area contributed by atoms with Crippen molar-refractivity contribution in [2.45, 2.75) is 19.9 Å². The number of urea groups is 1. The molecule has 0 aliphatic rings. The molecule has 0 atom stereocenters. The first-order valence-corrected chi connectivity index (χ1v) is 5.99. The molecule has 104 valence electrons. The summed E-state index contributed by atoms with van der Waals surface area (Å²) in [5.74, 6) is 0.534. The van der Waals surface area contributed by atoms with Gasteiger partial charge in [0.25, 0.3) is 0 Å². The Balaban J connectivity index is 2.84. The molecule has 0 saturated carbocycles. The fourth-order valence-electron chi connectivity index (χ4n) is 1.61. The Labute approximate surface area is 113 Å². The van der Waals surface area contributed by atoms with Crippen molar-refractivity contribution in [1.29, 1.82) is 5.41 Å². The summed E-state index contributed by atoms with van der Waals surface area (Å²) in [7, 11) is 1.54. The largest absolute Gasteiger partial charge is 0.495 e. The van der Waals surface area contributed by atoms with E-state index in [1.54, 1.807) is 19.2 Å². The van der Waals surface area contributed by atoms with Crippen molar-refractivity contribution in [2.24, 2.45) is 5.73 Å². The van der Waals surface area contributed by atoms with E-state index in [9.17, 15) is 4.79 Å². The minimum atomic E-state index is -0.310. The van der Waals surface area contributed by atoms with Gasteiger partial charge in [0.2, 0.25) is 0 Å². The van der Waals surface area contributed by atoms with Crippen LogP contribution in [0.15, 0.2) is 24.3 Å². The third kappa shape index (κ3) is 4.17. The first-order valence-electron chi connectivity index (χ1n) is 5.99. The van der Waals surface area contributed by atoms with Gasteiger partial charge < -0.3 is 20.7 Å². The van der Waals surface area contributed by atoms with Crippen LogP contribution in [-0.2, 0) is 0 Å². The van der Waals surface area contributed by atoms with Gasteiger partial charge in [0.1, 0.15) is 11.6 Å². The number of hydrogen-bond donors (Lipinski definition) is 3. The van der Waals surface area contributed by atoms with Gasteiger partial charge in [-0.25, -0.2) is 4.79 Å². The third-order valence-electron chi connectivity index (χ3n) is 2.57. The summed E-state index contributed by atoms with van der Waals surface area (Å²) in [6.45, 7) is 3.83. The molecule has 2 amide bonds. The van der Waals surface area contributed by atoms with Crippen LogP contribution in [-0.4, -0.2) is 36.5 Å². The van der Waals surface area contributed by atoms with E-state index < -0.39 is 0 Å². The lowest BCUT2D eigenvalue weighted by Crippen LogP contribution is -2.44. The van der Waals surface area contributed by atoms with E-state index in [2.05, 4.69) is 5.32 Å². The summed E-state index contributed by atoms with van der Waals surface area (Å²) in [6, 6.07) is 6.78. The van der Waals surface area contributed by atoms with Gasteiger partial charge in [0.05, 0.1) is 19.3 Å². The average Bonchev–Trinajstić information content (AvgIpc) is 2.36. The van der Waals surface area contributed by atoms with Gasteiger partial charge in [-0.3, -0.25) is 5.41 Å². The monoisotopic (exact) mass is 264 g/mol. The lowest BCUT2D eigenvalue weighted by atomic mass is 10.3. The quantitative estimate of drug-likeness (QED) is 0.560. The van der Waals surface area contributed by atoms with Crippen molar-refractivity contribution in [2.75, 3.05) is 19.0 Å². The van der Waals surface area contributed by atoms with Crippen molar-refractivity contribution in [3.63, 3.8) is 0 Å². The predicted octanol–water partition coefficient (Wildman–Crippen LogP) is 1.87. The lowest BCUT2D eigenvalue weighted by Gasteiger charge is -2.26. The van der Waals surface area contributed by atoms with Crippen molar-refractivity contribution in [1.82, 2.24) is 4.90 Å². The maximum atomic E-state index is 12.2. The molecule has 6 heteroatoms. The number of carbonyl (C=O) groups is 1. The number of rotatable bonds is 5. The fourth-order valence-corrected chi connectivity index (χ4v) is 1.61. The smallest absolute Gasteiger partial charge is 0.322 e. The van der Waals surface area contributed by atoms with E-state index in [4.69, 9.17) is 15.9 Å². The molecule has 0 aromatic heterocycles. The van der Waals surface area contributed by atoms with E-state index in [-0.39, 0.29) is 24.5 Å². The molecule has 0 bridgehead atoms. The van der Waals surface area contributed by atoms with Crippen LogP contribution in [0.1, 0.15) is 13.8 Å². The average molecular weight is 264 g/mol.